The summed E-state index contributed by atoms with van der Waals surface area (Å²) in [6.45, 7) is 3.22. The zero-order valence-electron chi connectivity index (χ0n) is 18.5. The van der Waals surface area contributed by atoms with Gasteiger partial charge in [0.15, 0.2) is 5.65 Å². The van der Waals surface area contributed by atoms with Crippen LogP contribution in [-0.4, -0.2) is 52.3 Å². The van der Waals surface area contributed by atoms with E-state index in [1.165, 1.54) is 51.3 Å². The molecule has 2 aliphatic rings. The zero-order chi connectivity index (χ0) is 21.8. The second-order valence-electron chi connectivity index (χ2n) is 8.70. The second-order valence-corrected chi connectivity index (χ2v) is 8.70. The van der Waals surface area contributed by atoms with E-state index in [0.717, 1.165) is 54.5 Å². The fraction of sp³-hybridized carbons (Fsp3) is 0.500. The van der Waals surface area contributed by atoms with Crippen LogP contribution in [0.3, 0.4) is 0 Å². The molecule has 1 aliphatic heterocycles. The number of anilines is 3. The molecule has 3 N–H and O–H groups in total. The Morgan fingerprint density at radius 3 is 2.50 bits per heavy atom. The number of rotatable bonds is 4. The Morgan fingerprint density at radius 1 is 0.969 bits per heavy atom. The van der Waals surface area contributed by atoms with Gasteiger partial charge in [-0.25, -0.2) is 19.9 Å². The van der Waals surface area contributed by atoms with Gasteiger partial charge >= 0.3 is 0 Å². The van der Waals surface area contributed by atoms with E-state index in [0.29, 0.717) is 17.5 Å². The third-order valence-corrected chi connectivity index (χ3v) is 6.48. The van der Waals surface area contributed by atoms with Gasteiger partial charge in [0, 0.05) is 30.9 Å². The van der Waals surface area contributed by atoms with Crippen molar-refractivity contribution in [1.29, 1.82) is 0 Å². The maximum Gasteiger partial charge on any atom is 0.167 e. The summed E-state index contributed by atoms with van der Waals surface area (Å²) in [6.07, 6.45) is 12.2. The van der Waals surface area contributed by atoms with Crippen LogP contribution < -0.4 is 16.0 Å². The molecule has 4 heterocycles. The zero-order valence-corrected chi connectivity index (χ0v) is 18.5. The molecule has 8 heteroatoms. The van der Waals surface area contributed by atoms with E-state index in [4.69, 9.17) is 20.4 Å². The summed E-state index contributed by atoms with van der Waals surface area (Å²) in [6, 6.07) is 6.64. The molecule has 2 fully saturated rings. The number of ether oxygens (including phenoxy) is 1. The van der Waals surface area contributed by atoms with E-state index in [2.05, 4.69) is 38.4 Å². The van der Waals surface area contributed by atoms with Crippen molar-refractivity contribution >= 4 is 28.4 Å². The van der Waals surface area contributed by atoms with Crippen molar-refractivity contribution in [3.8, 4) is 11.3 Å². The minimum absolute atomic E-state index is 0.426. The average molecular weight is 434 g/mol. The van der Waals surface area contributed by atoms with Crippen molar-refractivity contribution in [3.05, 3.63) is 30.7 Å². The predicted octanol–water partition coefficient (Wildman–Crippen LogP) is 4.03. The third-order valence-electron chi connectivity index (χ3n) is 6.48. The van der Waals surface area contributed by atoms with Crippen molar-refractivity contribution < 1.29 is 4.74 Å². The molecule has 1 saturated carbocycles. The molecule has 8 nitrogen and oxygen atoms in total. The van der Waals surface area contributed by atoms with Gasteiger partial charge in [-0.3, -0.25) is 0 Å². The normalized spacial score (nSPS) is 18.3. The number of hydrogen-bond acceptors (Lipinski definition) is 8. The maximum absolute atomic E-state index is 6.25. The first-order chi connectivity index (χ1) is 15.8. The molecule has 0 aromatic carbocycles. The van der Waals surface area contributed by atoms with Crippen LogP contribution in [0.2, 0.25) is 0 Å². The topological polar surface area (TPSA) is 102 Å². The fourth-order valence-electron chi connectivity index (χ4n) is 4.69. The molecule has 0 radical (unpaired) electrons. The highest BCUT2D eigenvalue weighted by atomic mass is 16.5. The Bertz CT molecular complexity index is 1040. The molecule has 3 aromatic heterocycles. The van der Waals surface area contributed by atoms with Gasteiger partial charge < -0.3 is 20.7 Å². The number of pyridine rings is 2. The van der Waals surface area contributed by atoms with Gasteiger partial charge in [0.2, 0.25) is 0 Å². The molecule has 32 heavy (non-hydrogen) atoms. The molecule has 1 aliphatic carbocycles. The van der Waals surface area contributed by atoms with Crippen LogP contribution in [-0.2, 0) is 4.74 Å². The summed E-state index contributed by atoms with van der Waals surface area (Å²) in [7, 11) is 0. The molecular weight excluding hydrogens is 402 g/mol. The highest BCUT2D eigenvalue weighted by Crippen LogP contribution is 2.32. The summed E-state index contributed by atoms with van der Waals surface area (Å²) < 4.78 is 5.45. The summed E-state index contributed by atoms with van der Waals surface area (Å²) in [5.41, 5.74) is 9.62. The molecule has 3 aromatic rings. The van der Waals surface area contributed by atoms with Crippen molar-refractivity contribution in [2.45, 2.75) is 51.0 Å². The monoisotopic (exact) mass is 433 g/mol. The summed E-state index contributed by atoms with van der Waals surface area (Å²) in [5, 5.41) is 4.57. The van der Waals surface area contributed by atoms with Crippen molar-refractivity contribution in [2.75, 3.05) is 42.3 Å². The first kappa shape index (κ1) is 20.9. The van der Waals surface area contributed by atoms with Gasteiger partial charge in [-0.2, -0.15) is 0 Å². The summed E-state index contributed by atoms with van der Waals surface area (Å²) in [4.78, 5) is 20.4. The van der Waals surface area contributed by atoms with Crippen molar-refractivity contribution in [3.63, 3.8) is 0 Å². The standard InChI is InChI=1S/C24H31N7O/c25-23-22-20(29-18-6-4-2-1-3-5-7-18)14-19(30-24(22)28-16-27-23)17-8-9-21(26-15-17)31-10-12-32-13-11-31/h8-9,14-16,18H,1-7,10-13H2,(H3,25,27,28,29,30). The van der Waals surface area contributed by atoms with Gasteiger partial charge in [0.25, 0.3) is 0 Å². The maximum atomic E-state index is 6.25. The Hall–Kier alpha value is -3.00. The Balaban J connectivity index is 1.47. The average Bonchev–Trinajstić information content (AvgIpc) is 2.81. The number of morpholine rings is 1. The number of aromatic nitrogens is 4. The van der Waals surface area contributed by atoms with E-state index in [9.17, 15) is 0 Å². The minimum atomic E-state index is 0.426. The molecule has 0 amide bonds. The molecule has 0 spiro atoms. The minimum Gasteiger partial charge on any atom is -0.383 e. The van der Waals surface area contributed by atoms with Gasteiger partial charge in [0.1, 0.15) is 18.0 Å². The lowest BCUT2D eigenvalue weighted by Crippen LogP contribution is -2.36. The first-order valence-corrected chi connectivity index (χ1v) is 11.7. The molecule has 168 valence electrons. The van der Waals surface area contributed by atoms with E-state index in [1.54, 1.807) is 0 Å². The molecule has 1 saturated heterocycles. The smallest absolute Gasteiger partial charge is 0.167 e. The number of nitrogen functional groups attached to an aromatic ring is 1. The SMILES string of the molecule is Nc1ncnc2nc(-c3ccc(N4CCOCC4)nc3)cc(NC3CCCCCCC3)c12. The van der Waals surface area contributed by atoms with Crippen LogP contribution in [0.25, 0.3) is 22.3 Å². The molecule has 5 rings (SSSR count). The fourth-order valence-corrected chi connectivity index (χ4v) is 4.69. The van der Waals surface area contributed by atoms with Crippen molar-refractivity contribution in [1.82, 2.24) is 19.9 Å². The van der Waals surface area contributed by atoms with Crippen molar-refractivity contribution in [2.24, 2.45) is 0 Å². The van der Waals surface area contributed by atoms with Gasteiger partial charge in [-0.05, 0) is 31.0 Å². The Kier molecular flexibility index (Phi) is 6.29. The van der Waals surface area contributed by atoms with E-state index >= 15 is 0 Å². The number of fused-ring (bicyclic) bond motifs is 1. The molecule has 0 atom stereocenters. The Morgan fingerprint density at radius 2 is 1.75 bits per heavy atom. The van der Waals surface area contributed by atoms with Gasteiger partial charge in [-0.15, -0.1) is 0 Å². The lowest BCUT2D eigenvalue weighted by atomic mass is 9.96. The van der Waals surface area contributed by atoms with Crippen LogP contribution in [0.4, 0.5) is 17.3 Å². The number of nitrogens with zero attached hydrogens (tertiary/aromatic N) is 5. The van der Waals surface area contributed by atoms with Crippen LogP contribution in [0, 0.1) is 0 Å². The second kappa shape index (κ2) is 9.65. The summed E-state index contributed by atoms with van der Waals surface area (Å²) in [5.74, 6) is 1.43. The quantitative estimate of drug-likeness (QED) is 0.636. The van der Waals surface area contributed by atoms with Crippen LogP contribution in [0.15, 0.2) is 30.7 Å². The summed E-state index contributed by atoms with van der Waals surface area (Å²) >= 11 is 0. The number of nitrogens with two attached hydrogens (primary N) is 1. The highest BCUT2D eigenvalue weighted by molar-refractivity contribution is 5.98. The lowest BCUT2D eigenvalue weighted by Gasteiger charge is -2.27. The Labute approximate surface area is 188 Å². The number of nitrogens with one attached hydrogen (secondary N) is 1. The largest absolute Gasteiger partial charge is 0.383 e. The highest BCUT2D eigenvalue weighted by Gasteiger charge is 2.18. The first-order valence-electron chi connectivity index (χ1n) is 11.7. The van der Waals surface area contributed by atoms with E-state index < -0.39 is 0 Å². The predicted molar refractivity (Wildman–Crippen MR) is 128 cm³/mol. The molecule has 0 bridgehead atoms. The van der Waals surface area contributed by atoms with E-state index in [1.807, 2.05) is 6.20 Å². The van der Waals surface area contributed by atoms with Crippen LogP contribution in [0.1, 0.15) is 44.9 Å². The van der Waals surface area contributed by atoms with Crippen LogP contribution >= 0.6 is 0 Å². The van der Waals surface area contributed by atoms with Gasteiger partial charge in [0.05, 0.1) is 30.0 Å². The lowest BCUT2D eigenvalue weighted by molar-refractivity contribution is 0.122. The van der Waals surface area contributed by atoms with Gasteiger partial charge in [-0.1, -0.05) is 32.1 Å². The van der Waals surface area contributed by atoms with E-state index in [-0.39, 0.29) is 0 Å². The third kappa shape index (κ3) is 4.60. The van der Waals surface area contributed by atoms with Crippen LogP contribution in [0.5, 0.6) is 0 Å². The molecular formula is C24H31N7O. The molecule has 0 unspecified atom stereocenters. The number of hydrogen-bond donors (Lipinski definition) is 2.